The Labute approximate surface area is 112 Å². The first-order valence-electron chi connectivity index (χ1n) is 6.15. The van der Waals surface area contributed by atoms with Crippen molar-refractivity contribution in [3.05, 3.63) is 66.0 Å². The molecule has 0 saturated heterocycles. The summed E-state index contributed by atoms with van der Waals surface area (Å²) < 4.78 is 15.5. The average Bonchev–Trinajstić information content (AvgIpc) is 2.78. The molecule has 0 amide bonds. The van der Waals surface area contributed by atoms with Gasteiger partial charge in [-0.25, -0.2) is 9.37 Å². The third-order valence-corrected chi connectivity index (χ3v) is 3.14. The maximum absolute atomic E-state index is 13.6. The molecule has 0 saturated carbocycles. The SMILES string of the molecule is C=C/C(=C(/C)F)c1nccn1-c1c(C)cccc1C. The highest BCUT2D eigenvalue weighted by atomic mass is 19.1. The molecule has 0 N–H and O–H groups in total. The first kappa shape index (κ1) is 13.3. The van der Waals surface area contributed by atoms with Gasteiger partial charge in [0.05, 0.1) is 5.69 Å². The number of nitrogens with zero attached hydrogens (tertiary/aromatic N) is 2. The first-order chi connectivity index (χ1) is 9.06. The zero-order valence-electron chi connectivity index (χ0n) is 11.4. The van der Waals surface area contributed by atoms with Crippen molar-refractivity contribution in [1.29, 1.82) is 0 Å². The summed E-state index contributed by atoms with van der Waals surface area (Å²) in [5.41, 5.74) is 3.71. The van der Waals surface area contributed by atoms with Gasteiger partial charge in [0.2, 0.25) is 0 Å². The Morgan fingerprint density at radius 2 is 1.95 bits per heavy atom. The molecule has 0 bridgehead atoms. The number of aryl methyl sites for hydroxylation is 2. The number of hydrogen-bond donors (Lipinski definition) is 0. The second-order valence-corrected chi connectivity index (χ2v) is 4.51. The average molecular weight is 256 g/mol. The fourth-order valence-corrected chi connectivity index (χ4v) is 2.25. The zero-order valence-corrected chi connectivity index (χ0v) is 11.4. The van der Waals surface area contributed by atoms with Crippen LogP contribution in [0, 0.1) is 13.8 Å². The van der Waals surface area contributed by atoms with Crippen molar-refractivity contribution in [1.82, 2.24) is 9.55 Å². The van der Waals surface area contributed by atoms with Gasteiger partial charge in [-0.1, -0.05) is 30.9 Å². The number of hydrogen-bond acceptors (Lipinski definition) is 1. The molecule has 2 rings (SSSR count). The van der Waals surface area contributed by atoms with E-state index in [1.165, 1.54) is 13.0 Å². The quantitative estimate of drug-likeness (QED) is 0.745. The normalized spacial score (nSPS) is 12.2. The summed E-state index contributed by atoms with van der Waals surface area (Å²) in [6, 6.07) is 6.08. The van der Waals surface area contributed by atoms with Crippen molar-refractivity contribution in [3.63, 3.8) is 0 Å². The zero-order chi connectivity index (χ0) is 14.0. The third kappa shape index (κ3) is 2.36. The summed E-state index contributed by atoms with van der Waals surface area (Å²) in [6.07, 6.45) is 5.02. The predicted molar refractivity (Wildman–Crippen MR) is 76.9 cm³/mol. The highest BCUT2D eigenvalue weighted by molar-refractivity contribution is 5.72. The maximum Gasteiger partial charge on any atom is 0.147 e. The fourth-order valence-electron chi connectivity index (χ4n) is 2.25. The molecule has 1 aromatic heterocycles. The van der Waals surface area contributed by atoms with Crippen LogP contribution in [-0.2, 0) is 0 Å². The number of imidazole rings is 1. The van der Waals surface area contributed by atoms with E-state index >= 15 is 0 Å². The third-order valence-electron chi connectivity index (χ3n) is 3.14. The van der Waals surface area contributed by atoms with Crippen LogP contribution in [0.3, 0.4) is 0 Å². The molecule has 3 heteroatoms. The minimum atomic E-state index is -0.284. The molecule has 19 heavy (non-hydrogen) atoms. The van der Waals surface area contributed by atoms with Crippen molar-refractivity contribution in [2.75, 3.05) is 0 Å². The minimum Gasteiger partial charge on any atom is -0.299 e. The van der Waals surface area contributed by atoms with Gasteiger partial charge in [0.1, 0.15) is 11.7 Å². The Hall–Kier alpha value is -2.16. The van der Waals surface area contributed by atoms with Crippen LogP contribution < -0.4 is 0 Å². The van der Waals surface area contributed by atoms with Crippen molar-refractivity contribution >= 4 is 5.57 Å². The van der Waals surface area contributed by atoms with Crippen LogP contribution >= 0.6 is 0 Å². The number of para-hydroxylation sites is 1. The number of aromatic nitrogens is 2. The van der Waals surface area contributed by atoms with Gasteiger partial charge in [0.25, 0.3) is 0 Å². The molecule has 0 spiro atoms. The molecule has 1 aromatic carbocycles. The molecule has 0 aliphatic heterocycles. The second-order valence-electron chi connectivity index (χ2n) is 4.51. The molecule has 0 atom stereocenters. The lowest BCUT2D eigenvalue weighted by molar-refractivity contribution is 0.643. The Kier molecular flexibility index (Phi) is 3.65. The second kappa shape index (κ2) is 5.22. The van der Waals surface area contributed by atoms with Gasteiger partial charge in [-0.3, -0.25) is 4.57 Å². The molecule has 0 unspecified atom stereocenters. The lowest BCUT2D eigenvalue weighted by atomic mass is 10.1. The summed E-state index contributed by atoms with van der Waals surface area (Å²) in [5.74, 6) is 0.293. The van der Waals surface area contributed by atoms with Crippen LogP contribution in [-0.4, -0.2) is 9.55 Å². The molecule has 0 fully saturated rings. The van der Waals surface area contributed by atoms with Crippen molar-refractivity contribution in [2.45, 2.75) is 20.8 Å². The van der Waals surface area contributed by atoms with Crippen LogP contribution in [0.1, 0.15) is 23.9 Å². The van der Waals surface area contributed by atoms with Gasteiger partial charge in [0.15, 0.2) is 0 Å². The van der Waals surface area contributed by atoms with Crippen LogP contribution in [0.15, 0.2) is 49.1 Å². The van der Waals surface area contributed by atoms with Crippen LogP contribution in [0.25, 0.3) is 11.3 Å². The predicted octanol–water partition coefficient (Wildman–Crippen LogP) is 4.38. The van der Waals surface area contributed by atoms with Gasteiger partial charge in [-0.05, 0) is 31.9 Å². The van der Waals surface area contributed by atoms with Gasteiger partial charge < -0.3 is 0 Å². The van der Waals surface area contributed by atoms with Gasteiger partial charge in [-0.2, -0.15) is 0 Å². The number of benzene rings is 1. The van der Waals surface area contributed by atoms with Gasteiger partial charge in [-0.15, -0.1) is 0 Å². The summed E-state index contributed by atoms with van der Waals surface area (Å²) >= 11 is 0. The number of rotatable bonds is 3. The minimum absolute atomic E-state index is 0.284. The number of halogens is 1. The monoisotopic (exact) mass is 256 g/mol. The number of allylic oxidation sites excluding steroid dienone is 3. The summed E-state index contributed by atoms with van der Waals surface area (Å²) in [5, 5.41) is 0. The first-order valence-corrected chi connectivity index (χ1v) is 6.15. The van der Waals surface area contributed by atoms with E-state index in [2.05, 4.69) is 11.6 Å². The van der Waals surface area contributed by atoms with Gasteiger partial charge in [0, 0.05) is 18.0 Å². The molecular formula is C16H17FN2. The smallest absolute Gasteiger partial charge is 0.147 e. The Balaban J connectivity index is 2.70. The Morgan fingerprint density at radius 1 is 1.32 bits per heavy atom. The molecule has 1 heterocycles. The van der Waals surface area contributed by atoms with Crippen LogP contribution in [0.2, 0.25) is 0 Å². The standard InChI is InChI=1S/C16H17FN2/c1-5-14(13(4)17)16-18-9-10-19(16)15-11(2)7-6-8-12(15)3/h5-10H,1H2,2-4H3/b14-13+. The molecule has 2 nitrogen and oxygen atoms in total. The largest absolute Gasteiger partial charge is 0.299 e. The Bertz CT molecular complexity index is 626. The van der Waals surface area contributed by atoms with Crippen molar-refractivity contribution in [2.24, 2.45) is 0 Å². The lowest BCUT2D eigenvalue weighted by Crippen LogP contribution is -2.04. The van der Waals surface area contributed by atoms with E-state index in [1.807, 2.05) is 42.8 Å². The molecule has 2 aromatic rings. The van der Waals surface area contributed by atoms with Crippen LogP contribution in [0.5, 0.6) is 0 Å². The van der Waals surface area contributed by atoms with E-state index in [1.54, 1.807) is 6.20 Å². The molecular weight excluding hydrogens is 239 g/mol. The van der Waals surface area contributed by atoms with E-state index in [4.69, 9.17) is 0 Å². The maximum atomic E-state index is 13.6. The molecule has 0 aliphatic carbocycles. The van der Waals surface area contributed by atoms with E-state index in [0.29, 0.717) is 11.4 Å². The van der Waals surface area contributed by atoms with Gasteiger partial charge >= 0.3 is 0 Å². The van der Waals surface area contributed by atoms with E-state index in [-0.39, 0.29) is 5.83 Å². The van der Waals surface area contributed by atoms with E-state index in [0.717, 1.165) is 16.8 Å². The van der Waals surface area contributed by atoms with E-state index < -0.39 is 0 Å². The van der Waals surface area contributed by atoms with Crippen LogP contribution in [0.4, 0.5) is 4.39 Å². The summed E-state index contributed by atoms with van der Waals surface area (Å²) in [4.78, 5) is 4.26. The van der Waals surface area contributed by atoms with Crippen molar-refractivity contribution < 1.29 is 4.39 Å². The molecule has 0 radical (unpaired) electrons. The highest BCUT2D eigenvalue weighted by Gasteiger charge is 2.13. The van der Waals surface area contributed by atoms with E-state index in [9.17, 15) is 4.39 Å². The molecule has 0 aliphatic rings. The lowest BCUT2D eigenvalue weighted by Gasteiger charge is -2.14. The fraction of sp³-hybridized carbons (Fsp3) is 0.188. The summed E-state index contributed by atoms with van der Waals surface area (Å²) in [6.45, 7) is 9.15. The summed E-state index contributed by atoms with van der Waals surface area (Å²) in [7, 11) is 0. The van der Waals surface area contributed by atoms with Crippen molar-refractivity contribution in [3.8, 4) is 5.69 Å². The Morgan fingerprint density at radius 3 is 2.47 bits per heavy atom. The topological polar surface area (TPSA) is 17.8 Å². The molecule has 98 valence electrons. The highest BCUT2D eigenvalue weighted by Crippen LogP contribution is 2.25.